The standard InChI is InChI=1S/C18H23N3O3/c1-2-3-13-21-17(23)10-9-15(20-21)18(24)19-12-11-16(22)14-7-5-4-6-8-14/h4-10,16,22H,2-3,11-13H2,1H3,(H,19,24). The van der Waals surface area contributed by atoms with Crippen molar-refractivity contribution in [2.75, 3.05) is 6.54 Å². The zero-order chi connectivity index (χ0) is 17.4. The Balaban J connectivity index is 1.89. The van der Waals surface area contributed by atoms with E-state index in [1.54, 1.807) is 0 Å². The Kier molecular flexibility index (Phi) is 6.69. The quantitative estimate of drug-likeness (QED) is 0.775. The second-order valence-corrected chi connectivity index (χ2v) is 5.60. The number of rotatable bonds is 8. The highest BCUT2D eigenvalue weighted by Gasteiger charge is 2.11. The maximum Gasteiger partial charge on any atom is 0.271 e. The average molecular weight is 329 g/mol. The van der Waals surface area contributed by atoms with E-state index < -0.39 is 6.10 Å². The van der Waals surface area contributed by atoms with Crippen molar-refractivity contribution in [3.63, 3.8) is 0 Å². The van der Waals surface area contributed by atoms with Crippen LogP contribution < -0.4 is 10.9 Å². The van der Waals surface area contributed by atoms with E-state index in [0.717, 1.165) is 18.4 Å². The van der Waals surface area contributed by atoms with Gasteiger partial charge in [0.1, 0.15) is 5.69 Å². The Morgan fingerprint density at radius 2 is 2.00 bits per heavy atom. The summed E-state index contributed by atoms with van der Waals surface area (Å²) in [6, 6.07) is 12.1. The molecule has 0 saturated carbocycles. The summed E-state index contributed by atoms with van der Waals surface area (Å²) in [5, 5.41) is 16.9. The van der Waals surface area contributed by atoms with E-state index in [-0.39, 0.29) is 17.2 Å². The molecule has 0 bridgehead atoms. The lowest BCUT2D eigenvalue weighted by molar-refractivity contribution is 0.0935. The first-order chi connectivity index (χ1) is 11.6. The summed E-state index contributed by atoms with van der Waals surface area (Å²) in [6.07, 6.45) is 1.56. The molecule has 1 atom stereocenters. The van der Waals surface area contributed by atoms with Gasteiger partial charge >= 0.3 is 0 Å². The second-order valence-electron chi connectivity index (χ2n) is 5.60. The van der Waals surface area contributed by atoms with Crippen molar-refractivity contribution in [1.82, 2.24) is 15.1 Å². The molecule has 1 heterocycles. The molecule has 0 saturated heterocycles. The number of aromatic nitrogens is 2. The monoisotopic (exact) mass is 329 g/mol. The van der Waals surface area contributed by atoms with Crippen LogP contribution in [0.5, 0.6) is 0 Å². The molecule has 0 fully saturated rings. The highest BCUT2D eigenvalue weighted by atomic mass is 16.3. The van der Waals surface area contributed by atoms with Gasteiger partial charge in [0.25, 0.3) is 11.5 Å². The number of hydrogen-bond acceptors (Lipinski definition) is 4. The molecule has 1 amide bonds. The molecule has 1 aromatic carbocycles. The highest BCUT2D eigenvalue weighted by molar-refractivity contribution is 5.91. The van der Waals surface area contributed by atoms with Crippen LogP contribution in [0.15, 0.2) is 47.3 Å². The highest BCUT2D eigenvalue weighted by Crippen LogP contribution is 2.14. The molecule has 2 N–H and O–H groups in total. The van der Waals surface area contributed by atoms with E-state index in [0.29, 0.717) is 19.5 Å². The molecule has 2 rings (SSSR count). The first kappa shape index (κ1) is 17.9. The van der Waals surface area contributed by atoms with Crippen LogP contribution in [0.1, 0.15) is 48.3 Å². The molecule has 0 aliphatic rings. The van der Waals surface area contributed by atoms with Gasteiger partial charge in [-0.05, 0) is 24.5 Å². The Labute approximate surface area is 141 Å². The van der Waals surface area contributed by atoms with Gasteiger partial charge in [-0.1, -0.05) is 43.7 Å². The molecule has 24 heavy (non-hydrogen) atoms. The molecule has 6 nitrogen and oxygen atoms in total. The fourth-order valence-corrected chi connectivity index (χ4v) is 2.29. The molecular formula is C18H23N3O3. The van der Waals surface area contributed by atoms with Crippen LogP contribution in [0.2, 0.25) is 0 Å². The minimum Gasteiger partial charge on any atom is -0.388 e. The zero-order valence-electron chi connectivity index (χ0n) is 13.8. The SMILES string of the molecule is CCCCn1nc(C(=O)NCCC(O)c2ccccc2)ccc1=O. The van der Waals surface area contributed by atoms with Crippen LogP contribution in [0, 0.1) is 0 Å². The summed E-state index contributed by atoms with van der Waals surface area (Å²) in [7, 11) is 0. The van der Waals surface area contributed by atoms with Gasteiger partial charge in [-0.2, -0.15) is 5.10 Å². The van der Waals surface area contributed by atoms with Gasteiger partial charge in [0.15, 0.2) is 0 Å². The minimum absolute atomic E-state index is 0.208. The van der Waals surface area contributed by atoms with Gasteiger partial charge in [-0.25, -0.2) is 4.68 Å². The average Bonchev–Trinajstić information content (AvgIpc) is 2.61. The molecule has 1 aromatic heterocycles. The van der Waals surface area contributed by atoms with Crippen LogP contribution >= 0.6 is 0 Å². The third-order valence-electron chi connectivity index (χ3n) is 3.71. The molecule has 0 radical (unpaired) electrons. The summed E-state index contributed by atoms with van der Waals surface area (Å²) in [6.45, 7) is 2.85. The summed E-state index contributed by atoms with van der Waals surface area (Å²) in [4.78, 5) is 23.8. The first-order valence-electron chi connectivity index (χ1n) is 8.21. The van der Waals surface area contributed by atoms with E-state index in [9.17, 15) is 14.7 Å². The van der Waals surface area contributed by atoms with Crippen molar-refractivity contribution in [1.29, 1.82) is 0 Å². The number of hydrogen-bond donors (Lipinski definition) is 2. The number of unbranched alkanes of at least 4 members (excludes halogenated alkanes) is 1. The fraction of sp³-hybridized carbons (Fsp3) is 0.389. The number of carbonyl (C=O) groups excluding carboxylic acids is 1. The van der Waals surface area contributed by atoms with Gasteiger partial charge in [-0.15, -0.1) is 0 Å². The molecule has 0 aliphatic heterocycles. The lowest BCUT2D eigenvalue weighted by Crippen LogP contribution is -2.30. The van der Waals surface area contributed by atoms with Crippen molar-refractivity contribution in [2.24, 2.45) is 0 Å². The molecule has 6 heteroatoms. The lowest BCUT2D eigenvalue weighted by atomic mass is 10.1. The predicted molar refractivity (Wildman–Crippen MR) is 91.8 cm³/mol. The fourth-order valence-electron chi connectivity index (χ4n) is 2.29. The van der Waals surface area contributed by atoms with Gasteiger partial charge in [0.2, 0.25) is 0 Å². The Bertz CT molecular complexity index is 713. The van der Waals surface area contributed by atoms with Crippen LogP contribution in [-0.4, -0.2) is 27.3 Å². The van der Waals surface area contributed by atoms with Crippen LogP contribution in [0.3, 0.4) is 0 Å². The van der Waals surface area contributed by atoms with E-state index in [4.69, 9.17) is 0 Å². The molecule has 128 valence electrons. The van der Waals surface area contributed by atoms with E-state index in [1.807, 2.05) is 37.3 Å². The summed E-state index contributed by atoms with van der Waals surface area (Å²) < 4.78 is 1.32. The second kappa shape index (κ2) is 8.98. The van der Waals surface area contributed by atoms with Crippen molar-refractivity contribution in [3.05, 3.63) is 64.1 Å². The molecule has 2 aromatic rings. The predicted octanol–water partition coefficient (Wildman–Crippen LogP) is 1.90. The largest absolute Gasteiger partial charge is 0.388 e. The zero-order valence-corrected chi connectivity index (χ0v) is 13.8. The molecule has 0 aliphatic carbocycles. The lowest BCUT2D eigenvalue weighted by Gasteiger charge is -2.11. The Morgan fingerprint density at radius 3 is 2.71 bits per heavy atom. The van der Waals surface area contributed by atoms with Gasteiger partial charge in [0.05, 0.1) is 6.10 Å². The van der Waals surface area contributed by atoms with Crippen LogP contribution in [0.25, 0.3) is 0 Å². The number of amides is 1. The molecule has 1 unspecified atom stereocenters. The Morgan fingerprint density at radius 1 is 1.25 bits per heavy atom. The van der Waals surface area contributed by atoms with E-state index >= 15 is 0 Å². The number of carbonyl (C=O) groups is 1. The van der Waals surface area contributed by atoms with E-state index in [1.165, 1.54) is 16.8 Å². The van der Waals surface area contributed by atoms with Crippen molar-refractivity contribution < 1.29 is 9.90 Å². The number of aliphatic hydroxyl groups is 1. The first-order valence-corrected chi connectivity index (χ1v) is 8.21. The maximum atomic E-state index is 12.1. The summed E-state index contributed by atoms with van der Waals surface area (Å²) in [5.74, 6) is -0.347. The third-order valence-corrected chi connectivity index (χ3v) is 3.71. The van der Waals surface area contributed by atoms with Crippen LogP contribution in [0.4, 0.5) is 0 Å². The number of nitrogens with zero attached hydrogens (tertiary/aromatic N) is 2. The van der Waals surface area contributed by atoms with Crippen molar-refractivity contribution >= 4 is 5.91 Å². The van der Waals surface area contributed by atoms with Gasteiger partial charge in [0, 0.05) is 19.2 Å². The third kappa shape index (κ3) is 5.03. The smallest absolute Gasteiger partial charge is 0.271 e. The normalized spacial score (nSPS) is 11.9. The van der Waals surface area contributed by atoms with Crippen LogP contribution in [-0.2, 0) is 6.54 Å². The molecule has 0 spiro atoms. The number of aliphatic hydroxyl groups excluding tert-OH is 1. The number of nitrogens with one attached hydrogen (secondary N) is 1. The van der Waals surface area contributed by atoms with E-state index in [2.05, 4.69) is 10.4 Å². The topological polar surface area (TPSA) is 84.2 Å². The summed E-state index contributed by atoms with van der Waals surface area (Å²) in [5.41, 5.74) is 0.817. The number of aryl methyl sites for hydroxylation is 1. The van der Waals surface area contributed by atoms with Crippen molar-refractivity contribution in [3.8, 4) is 0 Å². The maximum absolute atomic E-state index is 12.1. The van der Waals surface area contributed by atoms with Gasteiger partial charge in [-0.3, -0.25) is 9.59 Å². The van der Waals surface area contributed by atoms with Gasteiger partial charge < -0.3 is 10.4 Å². The summed E-state index contributed by atoms with van der Waals surface area (Å²) >= 11 is 0. The Hall–Kier alpha value is -2.47. The minimum atomic E-state index is -0.627. The number of benzene rings is 1. The van der Waals surface area contributed by atoms with Crippen molar-refractivity contribution in [2.45, 2.75) is 38.8 Å². The molecular weight excluding hydrogens is 306 g/mol.